The van der Waals surface area contributed by atoms with Crippen LogP contribution in [0.1, 0.15) is 25.1 Å². The molecule has 23 heavy (non-hydrogen) atoms. The van der Waals surface area contributed by atoms with E-state index in [1.54, 1.807) is 0 Å². The van der Waals surface area contributed by atoms with E-state index in [0.29, 0.717) is 25.4 Å². The van der Waals surface area contributed by atoms with E-state index in [2.05, 4.69) is 25.5 Å². The van der Waals surface area contributed by atoms with E-state index in [9.17, 15) is 4.79 Å². The molecule has 7 nitrogen and oxygen atoms in total. The second-order valence-corrected chi connectivity index (χ2v) is 6.18. The molecule has 0 aromatic carbocycles. The van der Waals surface area contributed by atoms with Crippen molar-refractivity contribution in [1.82, 2.24) is 15.3 Å². The summed E-state index contributed by atoms with van der Waals surface area (Å²) in [6.45, 7) is 6.35. The fourth-order valence-corrected chi connectivity index (χ4v) is 2.65. The van der Waals surface area contributed by atoms with Gasteiger partial charge in [-0.1, -0.05) is 0 Å². The van der Waals surface area contributed by atoms with E-state index < -0.39 is 0 Å². The number of aryl methyl sites for hydroxylation is 1. The lowest BCUT2D eigenvalue weighted by atomic mass is 10.3. The largest absolute Gasteiger partial charge is 0.378 e. The van der Waals surface area contributed by atoms with Crippen LogP contribution in [-0.4, -0.2) is 55.3 Å². The molecule has 1 saturated heterocycles. The zero-order valence-corrected chi connectivity index (χ0v) is 13.7. The van der Waals surface area contributed by atoms with Gasteiger partial charge in [-0.05, 0) is 25.7 Å². The Labute approximate surface area is 136 Å². The lowest BCUT2D eigenvalue weighted by molar-refractivity contribution is -0.121. The Morgan fingerprint density at radius 3 is 2.83 bits per heavy atom. The number of carbonyl (C=O) groups is 1. The first-order chi connectivity index (χ1) is 11.2. The first-order valence-electron chi connectivity index (χ1n) is 8.39. The Bertz CT molecular complexity index is 541. The van der Waals surface area contributed by atoms with Gasteiger partial charge in [-0.3, -0.25) is 4.79 Å². The van der Waals surface area contributed by atoms with Crippen LogP contribution >= 0.6 is 0 Å². The van der Waals surface area contributed by atoms with Crippen molar-refractivity contribution in [2.45, 2.75) is 26.2 Å². The van der Waals surface area contributed by atoms with Crippen LogP contribution in [0.4, 0.5) is 11.6 Å². The van der Waals surface area contributed by atoms with Crippen molar-refractivity contribution >= 4 is 17.5 Å². The molecule has 0 unspecified atom stereocenters. The highest BCUT2D eigenvalue weighted by molar-refractivity contribution is 5.76. The molecule has 3 rings (SSSR count). The van der Waals surface area contributed by atoms with E-state index in [0.717, 1.165) is 43.8 Å². The molecule has 0 atom stereocenters. The zero-order valence-electron chi connectivity index (χ0n) is 13.7. The molecule has 126 valence electrons. The van der Waals surface area contributed by atoms with Gasteiger partial charge in [0.25, 0.3) is 0 Å². The van der Waals surface area contributed by atoms with E-state index in [1.165, 1.54) is 12.8 Å². The van der Waals surface area contributed by atoms with Crippen LogP contribution in [-0.2, 0) is 9.53 Å². The Morgan fingerprint density at radius 1 is 1.30 bits per heavy atom. The van der Waals surface area contributed by atoms with E-state index in [4.69, 9.17) is 4.74 Å². The smallest absolute Gasteiger partial charge is 0.220 e. The number of ether oxygens (including phenoxy) is 1. The molecule has 1 saturated carbocycles. The molecule has 0 spiro atoms. The van der Waals surface area contributed by atoms with Gasteiger partial charge in [0.15, 0.2) is 0 Å². The molecule has 1 aliphatic heterocycles. The van der Waals surface area contributed by atoms with Crippen LogP contribution in [0.3, 0.4) is 0 Å². The number of amides is 1. The summed E-state index contributed by atoms with van der Waals surface area (Å²) in [5.74, 6) is 3.26. The number of rotatable bonds is 7. The number of aromatic nitrogens is 2. The minimum absolute atomic E-state index is 0.155. The average Bonchev–Trinajstić information content (AvgIpc) is 3.36. The maximum absolute atomic E-state index is 11.6. The molecule has 2 N–H and O–H groups in total. The number of anilines is 2. The molecule has 2 fully saturated rings. The van der Waals surface area contributed by atoms with Crippen LogP contribution < -0.4 is 15.5 Å². The Balaban J connectivity index is 1.46. The SMILES string of the molecule is Cc1nc(NCCNC(=O)CC2CC2)cc(N2CCOCC2)n1. The van der Waals surface area contributed by atoms with Crippen LogP contribution in [0, 0.1) is 12.8 Å². The quantitative estimate of drug-likeness (QED) is 0.729. The minimum atomic E-state index is 0.155. The Hall–Kier alpha value is -1.89. The number of nitrogens with one attached hydrogen (secondary N) is 2. The van der Waals surface area contributed by atoms with Crippen LogP contribution in [0.2, 0.25) is 0 Å². The molecule has 7 heteroatoms. The molecule has 1 aromatic heterocycles. The fourth-order valence-electron chi connectivity index (χ4n) is 2.65. The highest BCUT2D eigenvalue weighted by atomic mass is 16.5. The van der Waals surface area contributed by atoms with Gasteiger partial charge in [-0.25, -0.2) is 9.97 Å². The van der Waals surface area contributed by atoms with Gasteiger partial charge in [0.05, 0.1) is 13.2 Å². The van der Waals surface area contributed by atoms with E-state index >= 15 is 0 Å². The van der Waals surface area contributed by atoms with E-state index in [-0.39, 0.29) is 5.91 Å². The average molecular weight is 319 g/mol. The molecule has 0 radical (unpaired) electrons. The zero-order chi connectivity index (χ0) is 16.1. The number of hydrogen-bond acceptors (Lipinski definition) is 6. The summed E-state index contributed by atoms with van der Waals surface area (Å²) in [5.41, 5.74) is 0. The normalized spacial score (nSPS) is 17.9. The number of morpholine rings is 1. The summed E-state index contributed by atoms with van der Waals surface area (Å²) in [6, 6.07) is 1.96. The highest BCUT2D eigenvalue weighted by Gasteiger charge is 2.23. The predicted octanol–water partition coefficient (Wildman–Crippen LogP) is 0.950. The first kappa shape index (κ1) is 16.0. The van der Waals surface area contributed by atoms with Crippen molar-refractivity contribution in [3.8, 4) is 0 Å². The van der Waals surface area contributed by atoms with Crippen LogP contribution in [0.15, 0.2) is 6.07 Å². The Kier molecular flexibility index (Phi) is 5.27. The lowest BCUT2D eigenvalue weighted by Gasteiger charge is -2.28. The molecule has 1 amide bonds. The van der Waals surface area contributed by atoms with Gasteiger partial charge < -0.3 is 20.3 Å². The van der Waals surface area contributed by atoms with Gasteiger partial charge in [0, 0.05) is 38.7 Å². The Morgan fingerprint density at radius 2 is 2.09 bits per heavy atom. The molecule has 0 bridgehead atoms. The third-order valence-electron chi connectivity index (χ3n) is 4.08. The van der Waals surface area contributed by atoms with Crippen LogP contribution in [0.5, 0.6) is 0 Å². The molecule has 2 heterocycles. The van der Waals surface area contributed by atoms with Crippen molar-refractivity contribution in [3.05, 3.63) is 11.9 Å². The predicted molar refractivity (Wildman–Crippen MR) is 88.6 cm³/mol. The van der Waals surface area contributed by atoms with Crippen molar-refractivity contribution in [3.63, 3.8) is 0 Å². The third-order valence-corrected chi connectivity index (χ3v) is 4.08. The minimum Gasteiger partial charge on any atom is -0.378 e. The molecule has 1 aromatic rings. The summed E-state index contributed by atoms with van der Waals surface area (Å²) in [5, 5.41) is 6.21. The lowest BCUT2D eigenvalue weighted by Crippen LogP contribution is -2.37. The number of nitrogens with zero attached hydrogens (tertiary/aromatic N) is 3. The number of hydrogen-bond donors (Lipinski definition) is 2. The summed E-state index contributed by atoms with van der Waals surface area (Å²) in [7, 11) is 0. The molecular formula is C16H25N5O2. The van der Waals surface area contributed by atoms with Gasteiger partial charge in [-0.2, -0.15) is 0 Å². The first-order valence-corrected chi connectivity index (χ1v) is 8.39. The van der Waals surface area contributed by atoms with Gasteiger partial charge in [-0.15, -0.1) is 0 Å². The fraction of sp³-hybridized carbons (Fsp3) is 0.688. The van der Waals surface area contributed by atoms with E-state index in [1.807, 2.05) is 13.0 Å². The second kappa shape index (κ2) is 7.59. The van der Waals surface area contributed by atoms with Crippen molar-refractivity contribution in [1.29, 1.82) is 0 Å². The van der Waals surface area contributed by atoms with Gasteiger partial charge in [0.1, 0.15) is 17.5 Å². The van der Waals surface area contributed by atoms with Gasteiger partial charge in [0.2, 0.25) is 5.91 Å². The van der Waals surface area contributed by atoms with Crippen LogP contribution in [0.25, 0.3) is 0 Å². The topological polar surface area (TPSA) is 79.4 Å². The molecule has 2 aliphatic rings. The standard InChI is InChI=1S/C16H25N5O2/c1-12-19-14(11-15(20-12)21-6-8-23-9-7-21)17-4-5-18-16(22)10-13-2-3-13/h11,13H,2-10H2,1H3,(H,18,22)(H,17,19,20). The highest BCUT2D eigenvalue weighted by Crippen LogP contribution is 2.31. The summed E-state index contributed by atoms with van der Waals surface area (Å²) >= 11 is 0. The summed E-state index contributed by atoms with van der Waals surface area (Å²) in [6.07, 6.45) is 3.08. The maximum atomic E-state index is 11.6. The summed E-state index contributed by atoms with van der Waals surface area (Å²) in [4.78, 5) is 22.8. The molecular weight excluding hydrogens is 294 g/mol. The molecule has 1 aliphatic carbocycles. The second-order valence-electron chi connectivity index (χ2n) is 6.18. The van der Waals surface area contributed by atoms with Crippen molar-refractivity contribution < 1.29 is 9.53 Å². The number of carbonyl (C=O) groups excluding carboxylic acids is 1. The third kappa shape index (κ3) is 5.06. The maximum Gasteiger partial charge on any atom is 0.220 e. The van der Waals surface area contributed by atoms with Gasteiger partial charge >= 0.3 is 0 Å². The monoisotopic (exact) mass is 319 g/mol. The van der Waals surface area contributed by atoms with Crippen molar-refractivity contribution in [2.24, 2.45) is 5.92 Å². The summed E-state index contributed by atoms with van der Waals surface area (Å²) < 4.78 is 5.37. The van der Waals surface area contributed by atoms with Crippen molar-refractivity contribution in [2.75, 3.05) is 49.6 Å².